The molecule has 1 heterocycles. The lowest BCUT2D eigenvalue weighted by atomic mass is 9.74. The maximum atomic E-state index is 14.1. The molecule has 1 aliphatic rings. The van der Waals surface area contributed by atoms with Crippen LogP contribution in [0.4, 0.5) is 26.3 Å². The van der Waals surface area contributed by atoms with E-state index >= 15 is 0 Å². The lowest BCUT2D eigenvalue weighted by Crippen LogP contribution is -2.37. The predicted molar refractivity (Wildman–Crippen MR) is 193 cm³/mol. The zero-order chi connectivity index (χ0) is 36.9. The lowest BCUT2D eigenvalue weighted by molar-refractivity contribution is -0.143. The standard InChI is InChI=1S/C40H36F6NO2PS/c1-37(2,3)51(48)47-34(25-22-26(39(41,42)43)24-27(23-25)40(44,45)46)30-18-12-19-31-35(30)49-36-32(38(31,4)5)20-13-21-33(36)50(28-14-8-6-9-15-28)29-16-10-7-11-17-29/h6-24,34,47H,1-5H3/t34-,51-/m1/s1. The zero-order valence-corrected chi connectivity index (χ0v) is 30.2. The molecule has 0 aliphatic carbocycles. The van der Waals surface area contributed by atoms with Crippen LogP contribution in [0.15, 0.2) is 115 Å². The number of fused-ring (bicyclic) bond motifs is 2. The highest BCUT2D eigenvalue weighted by Crippen LogP contribution is 2.53. The molecule has 0 amide bonds. The van der Waals surface area contributed by atoms with E-state index in [9.17, 15) is 30.6 Å². The van der Waals surface area contributed by atoms with Crippen molar-refractivity contribution in [3.05, 3.63) is 149 Å². The quantitative estimate of drug-likeness (QED) is 0.133. The molecule has 5 aromatic rings. The Bertz CT molecular complexity index is 2000. The van der Waals surface area contributed by atoms with Gasteiger partial charge in [0.1, 0.15) is 11.5 Å². The average Bonchev–Trinajstić information content (AvgIpc) is 3.07. The Morgan fingerprint density at radius 3 is 1.65 bits per heavy atom. The van der Waals surface area contributed by atoms with Gasteiger partial charge >= 0.3 is 12.4 Å². The highest BCUT2D eigenvalue weighted by Gasteiger charge is 2.42. The number of para-hydroxylation sites is 2. The topological polar surface area (TPSA) is 38.3 Å². The lowest BCUT2D eigenvalue weighted by Gasteiger charge is -2.38. The summed E-state index contributed by atoms with van der Waals surface area (Å²) < 4.78 is 107. The Morgan fingerprint density at radius 2 is 1.16 bits per heavy atom. The van der Waals surface area contributed by atoms with Crippen molar-refractivity contribution in [1.29, 1.82) is 0 Å². The molecule has 0 saturated carbocycles. The summed E-state index contributed by atoms with van der Waals surface area (Å²) in [5, 5.41) is 3.03. The molecule has 0 aromatic heterocycles. The van der Waals surface area contributed by atoms with Gasteiger partial charge in [-0.05, 0) is 63.1 Å². The van der Waals surface area contributed by atoms with Crippen LogP contribution in [-0.4, -0.2) is 8.96 Å². The first kappa shape index (κ1) is 36.8. The third kappa shape index (κ3) is 7.37. The van der Waals surface area contributed by atoms with Crippen molar-refractivity contribution in [2.45, 2.75) is 63.2 Å². The largest absolute Gasteiger partial charge is 0.456 e. The van der Waals surface area contributed by atoms with Crippen LogP contribution in [0.2, 0.25) is 0 Å². The van der Waals surface area contributed by atoms with Crippen LogP contribution in [0.25, 0.3) is 0 Å². The van der Waals surface area contributed by atoms with Crippen LogP contribution in [0.1, 0.15) is 74.0 Å². The number of halogens is 6. The van der Waals surface area contributed by atoms with Crippen molar-refractivity contribution in [1.82, 2.24) is 4.72 Å². The second-order valence-corrected chi connectivity index (χ2v) is 18.1. The van der Waals surface area contributed by atoms with Crippen LogP contribution < -0.4 is 25.4 Å². The molecule has 2 atom stereocenters. The van der Waals surface area contributed by atoms with E-state index in [1.165, 1.54) is 0 Å². The Morgan fingerprint density at radius 1 is 0.667 bits per heavy atom. The molecule has 1 N–H and O–H groups in total. The molecule has 0 radical (unpaired) electrons. The number of hydrogen-bond donors (Lipinski definition) is 1. The van der Waals surface area contributed by atoms with Crippen molar-refractivity contribution >= 4 is 34.8 Å². The first-order chi connectivity index (χ1) is 23.9. The summed E-state index contributed by atoms with van der Waals surface area (Å²) in [7, 11) is -3.08. The number of benzene rings is 5. The Labute approximate surface area is 297 Å². The second-order valence-electron chi connectivity index (χ2n) is 13.9. The summed E-state index contributed by atoms with van der Waals surface area (Å²) in [6, 6.07) is 31.2. The van der Waals surface area contributed by atoms with Gasteiger partial charge in [-0.25, -0.2) is 8.93 Å². The van der Waals surface area contributed by atoms with Gasteiger partial charge < -0.3 is 4.74 Å². The summed E-state index contributed by atoms with van der Waals surface area (Å²) in [6.45, 7) is 9.02. The van der Waals surface area contributed by atoms with Gasteiger partial charge in [0.25, 0.3) is 0 Å². The van der Waals surface area contributed by atoms with Gasteiger partial charge in [-0.2, -0.15) is 26.3 Å². The Balaban J connectivity index is 1.60. The van der Waals surface area contributed by atoms with Crippen molar-refractivity contribution in [2.75, 3.05) is 0 Å². The van der Waals surface area contributed by atoms with E-state index in [4.69, 9.17) is 4.74 Å². The molecule has 0 unspecified atom stereocenters. The summed E-state index contributed by atoms with van der Waals surface area (Å²) >= 11 is 0. The minimum atomic E-state index is -5.07. The fourth-order valence-corrected chi connectivity index (χ4v) is 9.49. The molecule has 0 saturated heterocycles. The van der Waals surface area contributed by atoms with Crippen LogP contribution in [0.3, 0.4) is 0 Å². The fourth-order valence-electron chi connectivity index (χ4n) is 6.26. The Kier molecular flexibility index (Phi) is 9.76. The normalized spacial score (nSPS) is 15.5. The number of ether oxygens (including phenoxy) is 1. The minimum absolute atomic E-state index is 0.0966. The van der Waals surface area contributed by atoms with Crippen molar-refractivity contribution in [2.24, 2.45) is 0 Å². The first-order valence-electron chi connectivity index (χ1n) is 16.2. The number of alkyl halides is 6. The van der Waals surface area contributed by atoms with E-state index < -0.39 is 58.6 Å². The van der Waals surface area contributed by atoms with Crippen molar-refractivity contribution in [3.63, 3.8) is 0 Å². The molecule has 51 heavy (non-hydrogen) atoms. The maximum absolute atomic E-state index is 14.1. The summed E-state index contributed by atoms with van der Waals surface area (Å²) in [5.41, 5.74) is -2.15. The van der Waals surface area contributed by atoms with Gasteiger partial charge in [0, 0.05) is 27.4 Å². The molecular formula is C40H36F6NO2PS. The SMILES string of the molecule is CC1(C)c2cccc([C@H](N[S@](=O)C(C)(C)C)c3cc(C(F)(F)F)cc(C(F)(F)F)c3)c2Oc2c(P(c3ccccc3)c3ccccc3)cccc21. The second kappa shape index (κ2) is 13.5. The van der Waals surface area contributed by atoms with Crippen LogP contribution in [0, 0.1) is 0 Å². The summed E-state index contributed by atoms with van der Waals surface area (Å²) in [6.07, 6.45) is -10.1. The molecule has 266 valence electrons. The molecular weight excluding hydrogens is 703 g/mol. The zero-order valence-electron chi connectivity index (χ0n) is 28.5. The Hall–Kier alpha value is -3.98. The van der Waals surface area contributed by atoms with Crippen LogP contribution in [0.5, 0.6) is 11.5 Å². The van der Waals surface area contributed by atoms with E-state index in [2.05, 4.69) is 29.0 Å². The molecule has 5 aromatic carbocycles. The monoisotopic (exact) mass is 739 g/mol. The van der Waals surface area contributed by atoms with Crippen molar-refractivity contribution in [3.8, 4) is 11.5 Å². The molecule has 1 aliphatic heterocycles. The predicted octanol–water partition coefficient (Wildman–Crippen LogP) is 10.1. The highest BCUT2D eigenvalue weighted by atomic mass is 32.2. The minimum Gasteiger partial charge on any atom is -0.456 e. The third-order valence-electron chi connectivity index (χ3n) is 8.90. The molecule has 3 nitrogen and oxygen atoms in total. The number of rotatable bonds is 7. The maximum Gasteiger partial charge on any atom is 0.416 e. The van der Waals surface area contributed by atoms with E-state index in [0.717, 1.165) is 21.5 Å². The van der Waals surface area contributed by atoms with E-state index in [0.29, 0.717) is 23.4 Å². The highest BCUT2D eigenvalue weighted by molar-refractivity contribution is 7.84. The molecule has 0 spiro atoms. The van der Waals surface area contributed by atoms with Gasteiger partial charge in [0.15, 0.2) is 0 Å². The van der Waals surface area contributed by atoms with E-state index in [1.807, 2.05) is 74.5 Å². The van der Waals surface area contributed by atoms with Crippen LogP contribution in [-0.2, 0) is 28.8 Å². The average molecular weight is 740 g/mol. The molecule has 0 bridgehead atoms. The van der Waals surface area contributed by atoms with Gasteiger partial charge in [-0.15, -0.1) is 0 Å². The number of hydrogen-bond acceptors (Lipinski definition) is 2. The van der Waals surface area contributed by atoms with Gasteiger partial charge in [0.2, 0.25) is 0 Å². The smallest absolute Gasteiger partial charge is 0.416 e. The van der Waals surface area contributed by atoms with Crippen LogP contribution >= 0.6 is 7.92 Å². The first-order valence-corrected chi connectivity index (χ1v) is 18.7. The van der Waals surface area contributed by atoms with Crippen molar-refractivity contribution < 1.29 is 35.3 Å². The van der Waals surface area contributed by atoms with E-state index in [-0.39, 0.29) is 22.9 Å². The van der Waals surface area contributed by atoms with Gasteiger partial charge in [0.05, 0.1) is 32.9 Å². The van der Waals surface area contributed by atoms with Gasteiger partial charge in [-0.3, -0.25) is 0 Å². The molecule has 11 heteroatoms. The molecule has 6 rings (SSSR count). The fraction of sp³-hybridized carbons (Fsp3) is 0.250. The van der Waals surface area contributed by atoms with Gasteiger partial charge in [-0.1, -0.05) is 111 Å². The molecule has 0 fully saturated rings. The summed E-state index contributed by atoms with van der Waals surface area (Å²) in [4.78, 5) is 0. The summed E-state index contributed by atoms with van der Waals surface area (Å²) in [5.74, 6) is 0.852. The third-order valence-corrected chi connectivity index (χ3v) is 12.9. The van der Waals surface area contributed by atoms with E-state index in [1.54, 1.807) is 32.9 Å². The number of nitrogens with one attached hydrogen (secondary N) is 1.